The van der Waals surface area contributed by atoms with Crippen molar-refractivity contribution in [1.82, 2.24) is 10.6 Å². The maximum atomic E-state index is 11.7. The molecular weight excluding hydrogens is 242 g/mol. The molecule has 1 rings (SSSR count). The summed E-state index contributed by atoms with van der Waals surface area (Å²) < 4.78 is 0. The molecule has 0 saturated heterocycles. The van der Waals surface area contributed by atoms with E-state index in [0.717, 1.165) is 0 Å². The fourth-order valence-electron chi connectivity index (χ4n) is 1.52. The van der Waals surface area contributed by atoms with Crippen LogP contribution in [-0.4, -0.2) is 30.9 Å². The number of hydrogen-bond acceptors (Lipinski definition) is 3. The fraction of sp³-hybridized carbons (Fsp3) is 0.429. The summed E-state index contributed by atoms with van der Waals surface area (Å²) in [6.07, 6.45) is 1.09. The summed E-state index contributed by atoms with van der Waals surface area (Å²) in [6.45, 7) is 2.71. The smallest absolute Gasteiger partial charge is 0.251 e. The van der Waals surface area contributed by atoms with Crippen molar-refractivity contribution in [1.29, 1.82) is 0 Å². The van der Waals surface area contributed by atoms with Crippen molar-refractivity contribution >= 4 is 11.8 Å². The van der Waals surface area contributed by atoms with Gasteiger partial charge in [0.25, 0.3) is 5.91 Å². The van der Waals surface area contributed by atoms with E-state index in [1.165, 1.54) is 0 Å². The minimum absolute atomic E-state index is 0.0310. The number of rotatable bonds is 7. The quantitative estimate of drug-likeness (QED) is 0.632. The van der Waals surface area contributed by atoms with Gasteiger partial charge in [-0.25, -0.2) is 0 Å². The molecule has 19 heavy (non-hydrogen) atoms. The van der Waals surface area contributed by atoms with E-state index in [-0.39, 0.29) is 17.9 Å². The molecule has 0 bridgehead atoms. The molecule has 0 radical (unpaired) electrons. The molecule has 4 N–H and O–H groups in total. The van der Waals surface area contributed by atoms with Crippen LogP contribution >= 0.6 is 0 Å². The Morgan fingerprint density at radius 2 is 1.79 bits per heavy atom. The molecule has 104 valence electrons. The van der Waals surface area contributed by atoms with Gasteiger partial charge in [0.2, 0.25) is 5.91 Å². The van der Waals surface area contributed by atoms with E-state index < -0.39 is 0 Å². The van der Waals surface area contributed by atoms with Gasteiger partial charge in [0.1, 0.15) is 0 Å². The van der Waals surface area contributed by atoms with Gasteiger partial charge < -0.3 is 16.4 Å². The molecule has 2 amide bonds. The Labute approximate surface area is 113 Å². The van der Waals surface area contributed by atoms with Crippen molar-refractivity contribution in [2.75, 3.05) is 13.1 Å². The molecule has 0 heterocycles. The molecule has 5 heteroatoms. The van der Waals surface area contributed by atoms with Gasteiger partial charge in [-0.05, 0) is 25.5 Å². The standard InChI is InChI=1S/C14H21N3O2/c1-11(15)7-8-13(18)16-9-10-17-14(19)12-5-3-2-4-6-12/h2-6,11H,7-10,15H2,1H3,(H,16,18)(H,17,19). The first-order chi connectivity index (χ1) is 9.09. The molecule has 0 fully saturated rings. The van der Waals surface area contributed by atoms with Gasteiger partial charge >= 0.3 is 0 Å². The van der Waals surface area contributed by atoms with Crippen molar-refractivity contribution in [3.05, 3.63) is 35.9 Å². The Balaban J connectivity index is 2.14. The van der Waals surface area contributed by atoms with Crippen LogP contribution in [0.4, 0.5) is 0 Å². The third-order valence-electron chi connectivity index (χ3n) is 2.60. The molecule has 1 aromatic carbocycles. The Kier molecular flexibility index (Phi) is 6.60. The molecule has 0 spiro atoms. The molecule has 0 aliphatic heterocycles. The van der Waals surface area contributed by atoms with Crippen LogP contribution in [0, 0.1) is 0 Å². The van der Waals surface area contributed by atoms with Gasteiger partial charge in [0, 0.05) is 31.1 Å². The topological polar surface area (TPSA) is 84.2 Å². The monoisotopic (exact) mass is 263 g/mol. The van der Waals surface area contributed by atoms with E-state index in [9.17, 15) is 9.59 Å². The van der Waals surface area contributed by atoms with Gasteiger partial charge in [-0.15, -0.1) is 0 Å². The molecule has 0 aromatic heterocycles. The molecule has 5 nitrogen and oxygen atoms in total. The Bertz CT molecular complexity index is 404. The highest BCUT2D eigenvalue weighted by atomic mass is 16.2. The number of carbonyl (C=O) groups is 2. The van der Waals surface area contributed by atoms with Crippen LogP contribution in [0.25, 0.3) is 0 Å². The van der Waals surface area contributed by atoms with Crippen molar-refractivity contribution in [2.24, 2.45) is 5.73 Å². The third kappa shape index (κ3) is 6.57. The van der Waals surface area contributed by atoms with Gasteiger partial charge in [-0.1, -0.05) is 18.2 Å². The number of hydrogen-bond donors (Lipinski definition) is 3. The maximum Gasteiger partial charge on any atom is 0.251 e. The van der Waals surface area contributed by atoms with Crippen LogP contribution in [0.3, 0.4) is 0 Å². The van der Waals surface area contributed by atoms with E-state index in [4.69, 9.17) is 5.73 Å². The van der Waals surface area contributed by atoms with Gasteiger partial charge in [0.15, 0.2) is 0 Å². The Hall–Kier alpha value is -1.88. The van der Waals surface area contributed by atoms with Crippen LogP contribution in [0.5, 0.6) is 0 Å². The number of nitrogens with two attached hydrogens (primary N) is 1. The van der Waals surface area contributed by atoms with E-state index in [2.05, 4.69) is 10.6 Å². The summed E-state index contributed by atoms with van der Waals surface area (Å²) in [5, 5.41) is 5.48. The lowest BCUT2D eigenvalue weighted by molar-refractivity contribution is -0.121. The van der Waals surface area contributed by atoms with Crippen LogP contribution in [0.1, 0.15) is 30.1 Å². The summed E-state index contributed by atoms with van der Waals surface area (Å²) in [5.74, 6) is -0.170. The second kappa shape index (κ2) is 8.26. The zero-order chi connectivity index (χ0) is 14.1. The first-order valence-electron chi connectivity index (χ1n) is 6.45. The van der Waals surface area contributed by atoms with E-state index in [0.29, 0.717) is 31.5 Å². The lowest BCUT2D eigenvalue weighted by Crippen LogP contribution is -2.35. The maximum absolute atomic E-state index is 11.7. The van der Waals surface area contributed by atoms with Crippen molar-refractivity contribution in [2.45, 2.75) is 25.8 Å². The van der Waals surface area contributed by atoms with Crippen molar-refractivity contribution in [3.63, 3.8) is 0 Å². The van der Waals surface area contributed by atoms with Crippen LogP contribution in [0.15, 0.2) is 30.3 Å². The molecule has 0 saturated carbocycles. The number of carbonyl (C=O) groups excluding carboxylic acids is 2. The zero-order valence-electron chi connectivity index (χ0n) is 11.2. The highest BCUT2D eigenvalue weighted by Crippen LogP contribution is 1.97. The fourth-order valence-corrected chi connectivity index (χ4v) is 1.52. The van der Waals surface area contributed by atoms with E-state index in [1.54, 1.807) is 12.1 Å². The molecular formula is C14H21N3O2. The van der Waals surface area contributed by atoms with E-state index >= 15 is 0 Å². The lowest BCUT2D eigenvalue weighted by Gasteiger charge is -2.08. The second-order valence-corrected chi connectivity index (χ2v) is 4.49. The molecule has 1 aromatic rings. The van der Waals surface area contributed by atoms with Crippen LogP contribution in [0.2, 0.25) is 0 Å². The largest absolute Gasteiger partial charge is 0.354 e. The summed E-state index contributed by atoms with van der Waals surface area (Å²) >= 11 is 0. The second-order valence-electron chi connectivity index (χ2n) is 4.49. The average Bonchev–Trinajstić information content (AvgIpc) is 2.42. The first kappa shape index (κ1) is 15.2. The molecule has 0 aliphatic rings. The predicted octanol–water partition coefficient (Wildman–Crippen LogP) is 0.660. The predicted molar refractivity (Wildman–Crippen MR) is 74.7 cm³/mol. The summed E-state index contributed by atoms with van der Waals surface area (Å²) in [7, 11) is 0. The minimum Gasteiger partial charge on any atom is -0.354 e. The average molecular weight is 263 g/mol. The van der Waals surface area contributed by atoms with Crippen LogP contribution < -0.4 is 16.4 Å². The normalized spacial score (nSPS) is 11.7. The molecule has 1 atom stereocenters. The van der Waals surface area contributed by atoms with Crippen molar-refractivity contribution in [3.8, 4) is 0 Å². The number of amides is 2. The molecule has 1 unspecified atom stereocenters. The van der Waals surface area contributed by atoms with Crippen molar-refractivity contribution < 1.29 is 9.59 Å². The van der Waals surface area contributed by atoms with Gasteiger partial charge in [-0.3, -0.25) is 9.59 Å². The Morgan fingerprint density at radius 1 is 1.16 bits per heavy atom. The first-order valence-corrected chi connectivity index (χ1v) is 6.45. The highest BCUT2D eigenvalue weighted by molar-refractivity contribution is 5.94. The summed E-state index contributed by atoms with van der Waals surface area (Å²) in [6, 6.07) is 9.00. The third-order valence-corrected chi connectivity index (χ3v) is 2.60. The zero-order valence-corrected chi connectivity index (χ0v) is 11.2. The van der Waals surface area contributed by atoms with Crippen LogP contribution in [-0.2, 0) is 4.79 Å². The minimum atomic E-state index is -0.134. The van der Waals surface area contributed by atoms with Gasteiger partial charge in [-0.2, -0.15) is 0 Å². The van der Waals surface area contributed by atoms with E-state index in [1.807, 2.05) is 25.1 Å². The Morgan fingerprint density at radius 3 is 2.42 bits per heavy atom. The SMILES string of the molecule is CC(N)CCC(=O)NCCNC(=O)c1ccccc1. The number of nitrogens with one attached hydrogen (secondary N) is 2. The summed E-state index contributed by atoms with van der Waals surface area (Å²) in [5.41, 5.74) is 6.18. The molecule has 0 aliphatic carbocycles. The van der Waals surface area contributed by atoms with Gasteiger partial charge in [0.05, 0.1) is 0 Å². The number of benzene rings is 1. The lowest BCUT2D eigenvalue weighted by atomic mass is 10.2. The summed E-state index contributed by atoms with van der Waals surface area (Å²) in [4.78, 5) is 23.0. The highest BCUT2D eigenvalue weighted by Gasteiger charge is 2.05.